The number of hydrogen-bond donors (Lipinski definition) is 0. The zero-order chi connectivity index (χ0) is 9.84. The Labute approximate surface area is 79.1 Å². The maximum absolute atomic E-state index is 13.3. The molecule has 0 aromatic heterocycles. The van der Waals surface area contributed by atoms with Crippen LogP contribution in [-0.2, 0) is 5.75 Å². The summed E-state index contributed by atoms with van der Waals surface area (Å²) < 4.78 is 13.3. The fraction of sp³-hybridized carbons (Fsp3) is 0.250. The number of nitrogens with zero attached hydrogens (tertiary/aromatic N) is 1. The molecule has 13 heavy (non-hydrogen) atoms. The number of hydrogen-bond acceptors (Lipinski definition) is 3. The lowest BCUT2D eigenvalue weighted by molar-refractivity contribution is -0.387. The summed E-state index contributed by atoms with van der Waals surface area (Å²) in [6.45, 7) is 0. The average Bonchev–Trinajstić information content (AvgIpc) is 2.08. The minimum atomic E-state index is -0.721. The molecule has 1 aromatic carbocycles. The first kappa shape index (κ1) is 9.98. The quantitative estimate of drug-likeness (QED) is 0.557. The highest BCUT2D eigenvalue weighted by Gasteiger charge is 2.16. The molecule has 3 nitrogen and oxygen atoms in total. The van der Waals surface area contributed by atoms with Gasteiger partial charge in [-0.1, -0.05) is 12.1 Å². The zero-order valence-electron chi connectivity index (χ0n) is 6.99. The number of benzene rings is 1. The Morgan fingerprint density at radius 1 is 1.62 bits per heavy atom. The Hall–Kier alpha value is -1.10. The smallest absolute Gasteiger partial charge is 0.258 e. The first-order chi connectivity index (χ1) is 6.16. The van der Waals surface area contributed by atoms with E-state index in [1.165, 1.54) is 23.9 Å². The van der Waals surface area contributed by atoms with Gasteiger partial charge in [0.1, 0.15) is 0 Å². The van der Waals surface area contributed by atoms with E-state index in [0.717, 1.165) is 0 Å². The van der Waals surface area contributed by atoms with Gasteiger partial charge in [-0.15, -0.1) is 0 Å². The highest BCUT2D eigenvalue weighted by atomic mass is 32.2. The van der Waals surface area contributed by atoms with E-state index in [-0.39, 0.29) is 0 Å². The lowest BCUT2D eigenvalue weighted by Gasteiger charge is -2.00. The molecule has 0 radical (unpaired) electrons. The summed E-state index contributed by atoms with van der Waals surface area (Å²) in [5.41, 5.74) is -0.0757. The molecule has 0 aliphatic carbocycles. The van der Waals surface area contributed by atoms with Crippen LogP contribution in [0.3, 0.4) is 0 Å². The molecular weight excluding hydrogens is 193 g/mol. The van der Waals surface area contributed by atoms with Crippen molar-refractivity contribution in [2.24, 2.45) is 0 Å². The number of nitro benzene ring substituents is 1. The van der Waals surface area contributed by atoms with Crippen LogP contribution >= 0.6 is 11.8 Å². The summed E-state index contributed by atoms with van der Waals surface area (Å²) in [5, 5.41) is 10.3. The molecule has 1 aromatic rings. The van der Waals surface area contributed by atoms with Crippen molar-refractivity contribution in [1.29, 1.82) is 0 Å². The molecule has 0 amide bonds. The summed E-state index contributed by atoms with van der Waals surface area (Å²) in [5.74, 6) is -0.269. The van der Waals surface area contributed by atoms with Gasteiger partial charge < -0.3 is 0 Å². The molecule has 70 valence electrons. The zero-order valence-corrected chi connectivity index (χ0v) is 7.81. The maximum Gasteiger partial charge on any atom is 0.305 e. The normalized spacial score (nSPS) is 10.0. The van der Waals surface area contributed by atoms with Crippen LogP contribution in [0.4, 0.5) is 10.1 Å². The number of halogens is 1. The van der Waals surface area contributed by atoms with Crippen molar-refractivity contribution in [1.82, 2.24) is 0 Å². The molecule has 0 aliphatic rings. The molecule has 0 heterocycles. The Bertz CT molecular complexity index is 330. The SMILES string of the molecule is CSCc1cccc([N+](=O)[O-])c1F. The van der Waals surface area contributed by atoms with Crippen LogP contribution in [0.25, 0.3) is 0 Å². The van der Waals surface area contributed by atoms with Gasteiger partial charge in [-0.3, -0.25) is 10.1 Å². The summed E-state index contributed by atoms with van der Waals surface area (Å²) in [7, 11) is 0. The van der Waals surface area contributed by atoms with Crippen molar-refractivity contribution in [3.8, 4) is 0 Å². The van der Waals surface area contributed by atoms with Crippen molar-refractivity contribution in [3.63, 3.8) is 0 Å². The highest BCUT2D eigenvalue weighted by Crippen LogP contribution is 2.22. The number of thioether (sulfide) groups is 1. The number of nitro groups is 1. The fourth-order valence-corrected chi connectivity index (χ4v) is 1.51. The van der Waals surface area contributed by atoms with Gasteiger partial charge in [-0.05, 0) is 6.26 Å². The third-order valence-electron chi connectivity index (χ3n) is 1.55. The predicted octanol–water partition coefficient (Wildman–Crippen LogP) is 2.60. The molecule has 0 aliphatic heterocycles. The number of rotatable bonds is 3. The lowest BCUT2D eigenvalue weighted by Crippen LogP contribution is -1.95. The third-order valence-corrected chi connectivity index (χ3v) is 2.15. The predicted molar refractivity (Wildman–Crippen MR) is 50.3 cm³/mol. The van der Waals surface area contributed by atoms with Crippen LogP contribution < -0.4 is 0 Å². The molecule has 0 bridgehead atoms. The second-order valence-corrected chi connectivity index (χ2v) is 3.31. The largest absolute Gasteiger partial charge is 0.305 e. The fourth-order valence-electron chi connectivity index (χ4n) is 0.974. The summed E-state index contributed by atoms with van der Waals surface area (Å²) in [4.78, 5) is 9.63. The van der Waals surface area contributed by atoms with Gasteiger partial charge in [-0.25, -0.2) is 0 Å². The van der Waals surface area contributed by atoms with Crippen molar-refractivity contribution in [2.45, 2.75) is 5.75 Å². The Morgan fingerprint density at radius 3 is 2.85 bits per heavy atom. The molecular formula is C8H8FNO2S. The van der Waals surface area contributed by atoms with E-state index in [1.54, 1.807) is 6.07 Å². The van der Waals surface area contributed by atoms with Crippen LogP contribution in [0, 0.1) is 15.9 Å². The summed E-state index contributed by atoms with van der Waals surface area (Å²) >= 11 is 1.43. The molecule has 0 saturated heterocycles. The molecule has 0 atom stereocenters. The lowest BCUT2D eigenvalue weighted by atomic mass is 10.2. The van der Waals surface area contributed by atoms with Gasteiger partial charge in [-0.2, -0.15) is 16.2 Å². The second-order valence-electron chi connectivity index (χ2n) is 2.44. The molecule has 0 N–H and O–H groups in total. The molecule has 1 rings (SSSR count). The van der Waals surface area contributed by atoms with Crippen LogP contribution in [0.5, 0.6) is 0 Å². The van der Waals surface area contributed by atoms with E-state index in [0.29, 0.717) is 11.3 Å². The highest BCUT2D eigenvalue weighted by molar-refractivity contribution is 7.97. The Kier molecular flexibility index (Phi) is 3.25. The van der Waals surface area contributed by atoms with Crippen LogP contribution in [0.2, 0.25) is 0 Å². The van der Waals surface area contributed by atoms with E-state index in [2.05, 4.69) is 0 Å². The maximum atomic E-state index is 13.3. The van der Waals surface area contributed by atoms with Crippen molar-refractivity contribution in [2.75, 3.05) is 6.26 Å². The first-order valence-corrected chi connectivity index (χ1v) is 4.97. The van der Waals surface area contributed by atoms with E-state index >= 15 is 0 Å². The monoisotopic (exact) mass is 201 g/mol. The van der Waals surface area contributed by atoms with Crippen molar-refractivity contribution < 1.29 is 9.31 Å². The third kappa shape index (κ3) is 2.18. The Morgan fingerprint density at radius 2 is 2.31 bits per heavy atom. The average molecular weight is 201 g/mol. The van der Waals surface area contributed by atoms with Crippen LogP contribution in [0.1, 0.15) is 5.56 Å². The minimum Gasteiger partial charge on any atom is -0.258 e. The standard InChI is InChI=1S/C8H8FNO2S/c1-13-5-6-3-2-4-7(8(6)9)10(11)12/h2-4H,5H2,1H3. The molecule has 0 fully saturated rings. The molecule has 5 heteroatoms. The molecule has 0 saturated carbocycles. The first-order valence-electron chi connectivity index (χ1n) is 3.57. The van der Waals surface area contributed by atoms with E-state index in [1.807, 2.05) is 6.26 Å². The van der Waals surface area contributed by atoms with Gasteiger partial charge in [0.15, 0.2) is 0 Å². The van der Waals surface area contributed by atoms with Gasteiger partial charge in [0.2, 0.25) is 5.82 Å². The molecule has 0 unspecified atom stereocenters. The van der Waals surface area contributed by atoms with Crippen molar-refractivity contribution in [3.05, 3.63) is 39.7 Å². The minimum absolute atomic E-state index is 0.377. The summed E-state index contributed by atoms with van der Waals surface area (Å²) in [6, 6.07) is 4.21. The van der Waals surface area contributed by atoms with Gasteiger partial charge >= 0.3 is 5.69 Å². The topological polar surface area (TPSA) is 43.1 Å². The van der Waals surface area contributed by atoms with Gasteiger partial charge in [0.05, 0.1) is 4.92 Å². The van der Waals surface area contributed by atoms with Crippen molar-refractivity contribution >= 4 is 17.4 Å². The van der Waals surface area contributed by atoms with Gasteiger partial charge in [0.25, 0.3) is 0 Å². The van der Waals surface area contributed by atoms with E-state index in [4.69, 9.17) is 0 Å². The van der Waals surface area contributed by atoms with Crippen LogP contribution in [0.15, 0.2) is 18.2 Å². The molecule has 0 spiro atoms. The van der Waals surface area contributed by atoms with Gasteiger partial charge in [0, 0.05) is 17.4 Å². The second kappa shape index (κ2) is 4.23. The summed E-state index contributed by atoms with van der Waals surface area (Å²) in [6.07, 6.45) is 1.82. The van der Waals surface area contributed by atoms with E-state index < -0.39 is 16.4 Å². The van der Waals surface area contributed by atoms with E-state index in [9.17, 15) is 14.5 Å². The Balaban J connectivity index is 3.10. The van der Waals surface area contributed by atoms with Crippen LogP contribution in [-0.4, -0.2) is 11.2 Å².